The van der Waals surface area contributed by atoms with Gasteiger partial charge in [0.25, 0.3) is 5.91 Å². The van der Waals surface area contributed by atoms with Gasteiger partial charge >= 0.3 is 0 Å². The monoisotopic (exact) mass is 307 g/mol. The highest BCUT2D eigenvalue weighted by Crippen LogP contribution is 2.18. The van der Waals surface area contributed by atoms with Crippen LogP contribution in [0.1, 0.15) is 23.3 Å². The summed E-state index contributed by atoms with van der Waals surface area (Å²) in [7, 11) is 0. The Labute approximate surface area is 125 Å². The first-order valence-electron chi connectivity index (χ1n) is 7.03. The lowest BCUT2D eigenvalue weighted by Gasteiger charge is -2.28. The first kappa shape index (κ1) is 14.6. The summed E-state index contributed by atoms with van der Waals surface area (Å²) in [5, 5.41) is 13.4. The second-order valence-electron chi connectivity index (χ2n) is 5.24. The fourth-order valence-electron chi connectivity index (χ4n) is 2.50. The SMILES string of the molecule is O=C(c1ccn(-c2c(F)cccc2F)n1)N1CCC(O)CC1. The number of likely N-dealkylation sites (tertiary alicyclic amines) is 1. The van der Waals surface area contributed by atoms with Crippen LogP contribution in [0.5, 0.6) is 0 Å². The molecule has 0 saturated carbocycles. The number of aliphatic hydroxyl groups excluding tert-OH is 1. The van der Waals surface area contributed by atoms with Crippen LogP contribution in [0.25, 0.3) is 5.69 Å². The predicted molar refractivity (Wildman–Crippen MR) is 74.6 cm³/mol. The van der Waals surface area contributed by atoms with Gasteiger partial charge in [-0.05, 0) is 31.0 Å². The van der Waals surface area contributed by atoms with Gasteiger partial charge in [-0.3, -0.25) is 4.79 Å². The third-order valence-electron chi connectivity index (χ3n) is 3.73. The van der Waals surface area contributed by atoms with Crippen LogP contribution >= 0.6 is 0 Å². The van der Waals surface area contributed by atoms with E-state index in [4.69, 9.17) is 0 Å². The molecule has 0 atom stereocenters. The van der Waals surface area contributed by atoms with Gasteiger partial charge in [0.05, 0.1) is 6.10 Å². The van der Waals surface area contributed by atoms with Crippen molar-refractivity contribution in [2.24, 2.45) is 0 Å². The molecule has 2 heterocycles. The summed E-state index contributed by atoms with van der Waals surface area (Å²) in [6.07, 6.45) is 2.02. The number of benzene rings is 1. The number of aliphatic hydroxyl groups is 1. The van der Waals surface area contributed by atoms with E-state index in [0.29, 0.717) is 25.9 Å². The topological polar surface area (TPSA) is 58.4 Å². The fraction of sp³-hybridized carbons (Fsp3) is 0.333. The third kappa shape index (κ3) is 2.71. The van der Waals surface area contributed by atoms with Crippen molar-refractivity contribution >= 4 is 5.91 Å². The quantitative estimate of drug-likeness (QED) is 0.919. The molecule has 1 fully saturated rings. The molecule has 3 rings (SSSR count). The molecule has 0 spiro atoms. The van der Waals surface area contributed by atoms with E-state index in [1.807, 2.05) is 0 Å². The van der Waals surface area contributed by atoms with E-state index in [-0.39, 0.29) is 23.4 Å². The van der Waals surface area contributed by atoms with E-state index >= 15 is 0 Å². The summed E-state index contributed by atoms with van der Waals surface area (Å²) in [6.45, 7) is 0.891. The summed E-state index contributed by atoms with van der Waals surface area (Å²) in [5.74, 6) is -1.80. The van der Waals surface area contributed by atoms with Gasteiger partial charge < -0.3 is 10.0 Å². The van der Waals surface area contributed by atoms with Crippen LogP contribution in [0.2, 0.25) is 0 Å². The first-order chi connectivity index (χ1) is 10.6. The van der Waals surface area contributed by atoms with Crippen molar-refractivity contribution in [2.45, 2.75) is 18.9 Å². The molecule has 0 radical (unpaired) electrons. The Morgan fingerprint density at radius 3 is 2.45 bits per heavy atom. The number of carbonyl (C=O) groups excluding carboxylic acids is 1. The number of hydrogen-bond donors (Lipinski definition) is 1. The molecular weight excluding hydrogens is 292 g/mol. The number of para-hydroxylation sites is 1. The summed E-state index contributed by atoms with van der Waals surface area (Å²) >= 11 is 0. The van der Waals surface area contributed by atoms with Crippen LogP contribution in [0.3, 0.4) is 0 Å². The van der Waals surface area contributed by atoms with Crippen LogP contribution in [0.4, 0.5) is 8.78 Å². The molecule has 0 bridgehead atoms. The van der Waals surface area contributed by atoms with Crippen molar-refractivity contribution in [2.75, 3.05) is 13.1 Å². The van der Waals surface area contributed by atoms with Crippen molar-refractivity contribution in [3.05, 3.63) is 47.8 Å². The average Bonchev–Trinajstić information content (AvgIpc) is 2.97. The zero-order valence-electron chi connectivity index (χ0n) is 11.7. The number of piperidine rings is 1. The second-order valence-corrected chi connectivity index (χ2v) is 5.24. The first-order valence-corrected chi connectivity index (χ1v) is 7.03. The number of aromatic nitrogens is 2. The van der Waals surface area contributed by atoms with Gasteiger partial charge in [-0.15, -0.1) is 0 Å². The highest BCUT2D eigenvalue weighted by atomic mass is 19.1. The molecule has 1 saturated heterocycles. The highest BCUT2D eigenvalue weighted by molar-refractivity contribution is 5.92. The van der Waals surface area contributed by atoms with Gasteiger partial charge in [-0.1, -0.05) is 6.07 Å². The molecule has 1 aromatic carbocycles. The highest BCUT2D eigenvalue weighted by Gasteiger charge is 2.24. The normalized spacial score (nSPS) is 16.0. The van der Waals surface area contributed by atoms with Crippen LogP contribution in [0, 0.1) is 11.6 Å². The third-order valence-corrected chi connectivity index (χ3v) is 3.73. The largest absolute Gasteiger partial charge is 0.393 e. The maximum Gasteiger partial charge on any atom is 0.274 e. The standard InChI is InChI=1S/C15H15F2N3O2/c16-11-2-1-3-12(17)14(11)20-9-6-13(18-20)15(22)19-7-4-10(21)5-8-19/h1-3,6,9-10,21H,4-5,7-8H2. The molecule has 22 heavy (non-hydrogen) atoms. The Morgan fingerprint density at radius 2 is 1.82 bits per heavy atom. The second kappa shape index (κ2) is 5.84. The zero-order valence-corrected chi connectivity index (χ0v) is 11.7. The summed E-state index contributed by atoms with van der Waals surface area (Å²) < 4.78 is 28.5. The maximum absolute atomic E-state index is 13.7. The molecule has 116 valence electrons. The van der Waals surface area contributed by atoms with Gasteiger partial charge in [-0.25, -0.2) is 13.5 Å². The van der Waals surface area contributed by atoms with Crippen LogP contribution in [-0.4, -0.2) is 44.9 Å². The number of halogens is 2. The Kier molecular flexibility index (Phi) is 3.89. The van der Waals surface area contributed by atoms with Crippen molar-refractivity contribution in [1.29, 1.82) is 0 Å². The van der Waals surface area contributed by atoms with E-state index in [2.05, 4.69) is 5.10 Å². The van der Waals surface area contributed by atoms with E-state index in [1.54, 1.807) is 4.90 Å². The van der Waals surface area contributed by atoms with E-state index in [1.165, 1.54) is 18.3 Å². The average molecular weight is 307 g/mol. The fourth-order valence-corrected chi connectivity index (χ4v) is 2.50. The number of nitrogens with zero attached hydrogens (tertiary/aromatic N) is 3. The van der Waals surface area contributed by atoms with Gasteiger partial charge in [0.15, 0.2) is 17.3 Å². The molecule has 2 aromatic rings. The Hall–Kier alpha value is -2.28. The Morgan fingerprint density at radius 1 is 1.18 bits per heavy atom. The molecule has 1 aliphatic heterocycles. The van der Waals surface area contributed by atoms with E-state index in [9.17, 15) is 18.7 Å². The van der Waals surface area contributed by atoms with Crippen molar-refractivity contribution in [3.63, 3.8) is 0 Å². The minimum Gasteiger partial charge on any atom is -0.393 e. The minimum atomic E-state index is -0.747. The molecule has 1 N–H and O–H groups in total. The van der Waals surface area contributed by atoms with E-state index < -0.39 is 11.6 Å². The number of amides is 1. The van der Waals surface area contributed by atoms with Gasteiger partial charge in [0, 0.05) is 19.3 Å². The Bertz CT molecular complexity index is 674. The van der Waals surface area contributed by atoms with Crippen LogP contribution in [0.15, 0.2) is 30.5 Å². The number of rotatable bonds is 2. The summed E-state index contributed by atoms with van der Waals surface area (Å²) in [6, 6.07) is 4.96. The molecular formula is C15H15F2N3O2. The number of hydrogen-bond acceptors (Lipinski definition) is 3. The molecule has 0 aliphatic carbocycles. The van der Waals surface area contributed by atoms with Crippen molar-refractivity contribution in [3.8, 4) is 5.69 Å². The summed E-state index contributed by atoms with van der Waals surface area (Å²) in [4.78, 5) is 13.9. The zero-order chi connectivity index (χ0) is 15.7. The molecule has 5 nitrogen and oxygen atoms in total. The van der Waals surface area contributed by atoms with Gasteiger partial charge in [0.1, 0.15) is 5.69 Å². The lowest BCUT2D eigenvalue weighted by molar-refractivity contribution is 0.0541. The van der Waals surface area contributed by atoms with Crippen molar-refractivity contribution < 1.29 is 18.7 Å². The van der Waals surface area contributed by atoms with Crippen LogP contribution in [-0.2, 0) is 0 Å². The van der Waals surface area contributed by atoms with E-state index in [0.717, 1.165) is 16.8 Å². The minimum absolute atomic E-state index is 0.124. The Balaban J connectivity index is 1.83. The lowest BCUT2D eigenvalue weighted by Crippen LogP contribution is -2.40. The van der Waals surface area contributed by atoms with Gasteiger partial charge in [0.2, 0.25) is 0 Å². The van der Waals surface area contributed by atoms with Crippen LogP contribution < -0.4 is 0 Å². The molecule has 0 unspecified atom stereocenters. The molecule has 7 heteroatoms. The smallest absolute Gasteiger partial charge is 0.274 e. The molecule has 1 amide bonds. The number of carbonyl (C=O) groups is 1. The van der Waals surface area contributed by atoms with Crippen molar-refractivity contribution in [1.82, 2.24) is 14.7 Å². The molecule has 1 aromatic heterocycles. The lowest BCUT2D eigenvalue weighted by atomic mass is 10.1. The molecule has 1 aliphatic rings. The maximum atomic E-state index is 13.7. The van der Waals surface area contributed by atoms with Gasteiger partial charge in [-0.2, -0.15) is 5.10 Å². The summed E-state index contributed by atoms with van der Waals surface area (Å²) in [5.41, 5.74) is -0.186. The predicted octanol–water partition coefficient (Wildman–Crippen LogP) is 1.75.